The fraction of sp³-hybridized carbons (Fsp3) is 0.429. The second-order valence-corrected chi connectivity index (χ2v) is 8.86. The van der Waals surface area contributed by atoms with Gasteiger partial charge in [0.2, 0.25) is 10.0 Å². The van der Waals surface area contributed by atoms with E-state index in [0.717, 1.165) is 28.9 Å². The molecule has 0 spiro atoms. The van der Waals surface area contributed by atoms with Gasteiger partial charge < -0.3 is 9.47 Å². The molecule has 0 fully saturated rings. The van der Waals surface area contributed by atoms with Crippen molar-refractivity contribution in [1.29, 1.82) is 0 Å². The van der Waals surface area contributed by atoms with Gasteiger partial charge in [-0.05, 0) is 29.7 Å². The molecule has 2 aromatic rings. The standard InChI is InChI=1S/C21H27NO4S/c1-2-3-13-27(23,24)22-11-12-26-21-10-9-19(14-20(21)15-22)17-25-16-18-7-5-4-6-8-18/h4-10,14H,2-3,11-13,15-17H2,1H3. The topological polar surface area (TPSA) is 55.8 Å². The van der Waals surface area contributed by atoms with Crippen LogP contribution in [0.4, 0.5) is 0 Å². The average Bonchev–Trinajstić information content (AvgIpc) is 2.90. The number of fused-ring (bicyclic) bond motifs is 1. The van der Waals surface area contributed by atoms with E-state index in [1.54, 1.807) is 4.31 Å². The van der Waals surface area contributed by atoms with Crippen LogP contribution in [-0.2, 0) is 34.5 Å². The number of ether oxygens (including phenoxy) is 2. The SMILES string of the molecule is CCCCS(=O)(=O)N1CCOc2ccc(COCc3ccccc3)cc2C1. The molecule has 27 heavy (non-hydrogen) atoms. The summed E-state index contributed by atoms with van der Waals surface area (Å²) in [5.74, 6) is 0.952. The fourth-order valence-electron chi connectivity index (χ4n) is 3.07. The largest absolute Gasteiger partial charge is 0.492 e. The number of benzene rings is 2. The van der Waals surface area contributed by atoms with Crippen LogP contribution in [0.15, 0.2) is 48.5 Å². The number of hydrogen-bond donors (Lipinski definition) is 0. The first-order valence-corrected chi connectivity index (χ1v) is 11.0. The molecule has 1 heterocycles. The van der Waals surface area contributed by atoms with Gasteiger partial charge >= 0.3 is 0 Å². The third-order valence-corrected chi connectivity index (χ3v) is 6.50. The summed E-state index contributed by atoms with van der Waals surface area (Å²) < 4.78 is 38.2. The summed E-state index contributed by atoms with van der Waals surface area (Å²) in [4.78, 5) is 0. The predicted octanol–water partition coefficient (Wildman–Crippen LogP) is 3.73. The number of nitrogens with zero attached hydrogens (tertiary/aromatic N) is 1. The zero-order valence-electron chi connectivity index (χ0n) is 15.8. The van der Waals surface area contributed by atoms with Gasteiger partial charge in [-0.3, -0.25) is 0 Å². The van der Waals surface area contributed by atoms with Crippen molar-refractivity contribution in [2.24, 2.45) is 0 Å². The summed E-state index contributed by atoms with van der Waals surface area (Å²) in [5, 5.41) is 0. The van der Waals surface area contributed by atoms with E-state index in [0.29, 0.717) is 39.3 Å². The lowest BCUT2D eigenvalue weighted by Gasteiger charge is -2.19. The second kappa shape index (κ2) is 9.35. The highest BCUT2D eigenvalue weighted by Gasteiger charge is 2.25. The Bertz CT molecular complexity index is 837. The lowest BCUT2D eigenvalue weighted by Crippen LogP contribution is -2.34. The Kier molecular flexibility index (Phi) is 6.88. The number of sulfonamides is 1. The van der Waals surface area contributed by atoms with Crippen molar-refractivity contribution in [3.8, 4) is 5.75 Å². The Morgan fingerprint density at radius 2 is 1.85 bits per heavy atom. The van der Waals surface area contributed by atoms with Crippen LogP contribution in [0.3, 0.4) is 0 Å². The molecule has 0 aromatic heterocycles. The van der Waals surface area contributed by atoms with Crippen LogP contribution in [0.1, 0.15) is 36.5 Å². The van der Waals surface area contributed by atoms with Gasteiger partial charge in [-0.1, -0.05) is 49.7 Å². The maximum absolute atomic E-state index is 12.6. The zero-order chi connectivity index (χ0) is 19.1. The van der Waals surface area contributed by atoms with E-state index in [9.17, 15) is 8.42 Å². The molecule has 0 N–H and O–H groups in total. The fourth-order valence-corrected chi connectivity index (χ4v) is 4.67. The number of unbranched alkanes of at least 4 members (excludes halogenated alkanes) is 1. The predicted molar refractivity (Wildman–Crippen MR) is 106 cm³/mol. The molecule has 0 saturated heterocycles. The third kappa shape index (κ3) is 5.54. The lowest BCUT2D eigenvalue weighted by atomic mass is 10.1. The van der Waals surface area contributed by atoms with Crippen LogP contribution in [0, 0.1) is 0 Å². The monoisotopic (exact) mass is 389 g/mol. The van der Waals surface area contributed by atoms with Crippen LogP contribution in [-0.4, -0.2) is 31.6 Å². The first-order chi connectivity index (χ1) is 13.1. The normalized spacial score (nSPS) is 15.0. The summed E-state index contributed by atoms with van der Waals surface area (Å²) in [6.07, 6.45) is 1.54. The Labute approximate surface area is 162 Å². The van der Waals surface area contributed by atoms with Gasteiger partial charge in [0.1, 0.15) is 12.4 Å². The van der Waals surface area contributed by atoms with E-state index in [2.05, 4.69) is 0 Å². The van der Waals surface area contributed by atoms with Crippen LogP contribution in [0.25, 0.3) is 0 Å². The number of rotatable bonds is 8. The minimum Gasteiger partial charge on any atom is -0.492 e. The first kappa shape index (κ1) is 19.9. The molecule has 5 nitrogen and oxygen atoms in total. The summed E-state index contributed by atoms with van der Waals surface area (Å²) >= 11 is 0. The van der Waals surface area contributed by atoms with Crippen molar-refractivity contribution in [2.75, 3.05) is 18.9 Å². The van der Waals surface area contributed by atoms with Gasteiger partial charge in [-0.2, -0.15) is 4.31 Å². The molecule has 0 radical (unpaired) electrons. The Morgan fingerprint density at radius 1 is 1.07 bits per heavy atom. The van der Waals surface area contributed by atoms with E-state index in [4.69, 9.17) is 9.47 Å². The molecule has 3 rings (SSSR count). The van der Waals surface area contributed by atoms with Gasteiger partial charge in [0, 0.05) is 18.7 Å². The molecule has 1 aliphatic heterocycles. The van der Waals surface area contributed by atoms with Crippen molar-refractivity contribution in [3.05, 3.63) is 65.2 Å². The Morgan fingerprint density at radius 3 is 2.63 bits per heavy atom. The highest BCUT2D eigenvalue weighted by atomic mass is 32.2. The summed E-state index contributed by atoms with van der Waals surface area (Å²) in [7, 11) is -3.26. The molecular weight excluding hydrogens is 362 g/mol. The zero-order valence-corrected chi connectivity index (χ0v) is 16.6. The molecule has 6 heteroatoms. The quantitative estimate of drug-likeness (QED) is 0.690. The van der Waals surface area contributed by atoms with Crippen LogP contribution >= 0.6 is 0 Å². The Hall–Kier alpha value is -1.89. The molecule has 0 bridgehead atoms. The number of hydrogen-bond acceptors (Lipinski definition) is 4. The summed E-state index contributed by atoms with van der Waals surface area (Å²) in [6.45, 7) is 4.14. The maximum Gasteiger partial charge on any atom is 0.214 e. The van der Waals surface area contributed by atoms with Crippen molar-refractivity contribution < 1.29 is 17.9 Å². The lowest BCUT2D eigenvalue weighted by molar-refractivity contribution is 0.107. The van der Waals surface area contributed by atoms with Crippen molar-refractivity contribution >= 4 is 10.0 Å². The van der Waals surface area contributed by atoms with Crippen molar-refractivity contribution in [3.63, 3.8) is 0 Å². The minimum absolute atomic E-state index is 0.193. The third-order valence-electron chi connectivity index (χ3n) is 4.60. The van der Waals surface area contributed by atoms with E-state index >= 15 is 0 Å². The van der Waals surface area contributed by atoms with Gasteiger partial charge in [0.25, 0.3) is 0 Å². The van der Waals surface area contributed by atoms with E-state index in [1.165, 1.54) is 0 Å². The first-order valence-electron chi connectivity index (χ1n) is 9.42. The van der Waals surface area contributed by atoms with Crippen LogP contribution in [0.5, 0.6) is 5.75 Å². The van der Waals surface area contributed by atoms with Crippen LogP contribution < -0.4 is 4.74 Å². The maximum atomic E-state index is 12.6. The highest BCUT2D eigenvalue weighted by molar-refractivity contribution is 7.89. The van der Waals surface area contributed by atoms with Gasteiger partial charge in [0.15, 0.2) is 0 Å². The van der Waals surface area contributed by atoms with Crippen LogP contribution in [0.2, 0.25) is 0 Å². The molecule has 2 aromatic carbocycles. The van der Waals surface area contributed by atoms with Gasteiger partial charge in [-0.15, -0.1) is 0 Å². The molecule has 0 aliphatic carbocycles. The highest BCUT2D eigenvalue weighted by Crippen LogP contribution is 2.26. The molecule has 0 unspecified atom stereocenters. The second-order valence-electron chi connectivity index (χ2n) is 6.77. The molecule has 0 saturated carbocycles. The molecule has 0 atom stereocenters. The van der Waals surface area contributed by atoms with E-state index in [-0.39, 0.29) is 5.75 Å². The molecule has 0 amide bonds. The van der Waals surface area contributed by atoms with Gasteiger partial charge in [-0.25, -0.2) is 8.42 Å². The van der Waals surface area contributed by atoms with E-state index in [1.807, 2.05) is 55.5 Å². The molecule has 146 valence electrons. The summed E-state index contributed by atoms with van der Waals surface area (Å²) in [5.41, 5.74) is 3.04. The van der Waals surface area contributed by atoms with Crippen molar-refractivity contribution in [1.82, 2.24) is 4.31 Å². The molecular formula is C21H27NO4S. The Balaban J connectivity index is 1.66. The van der Waals surface area contributed by atoms with E-state index < -0.39 is 10.0 Å². The van der Waals surface area contributed by atoms with Gasteiger partial charge in [0.05, 0.1) is 19.0 Å². The van der Waals surface area contributed by atoms with Crippen molar-refractivity contribution in [2.45, 2.75) is 39.5 Å². The smallest absolute Gasteiger partial charge is 0.214 e. The minimum atomic E-state index is -3.26. The molecule has 1 aliphatic rings. The average molecular weight is 390 g/mol. The summed E-state index contributed by atoms with van der Waals surface area (Å²) in [6, 6.07) is 15.9.